The highest BCUT2D eigenvalue weighted by atomic mass is 16.5. The topological polar surface area (TPSA) is 77.1 Å². The molecule has 4 rings (SSSR count). The molecule has 7 heteroatoms. The average Bonchev–Trinajstić information content (AvgIpc) is 3.35. The smallest absolute Gasteiger partial charge is 0.292 e. The monoisotopic (exact) mass is 323 g/mol. The molecule has 1 atom stereocenters. The predicted molar refractivity (Wildman–Crippen MR) is 86.3 cm³/mol. The van der Waals surface area contributed by atoms with Crippen molar-refractivity contribution in [2.75, 3.05) is 13.1 Å². The van der Waals surface area contributed by atoms with Crippen molar-refractivity contribution in [3.63, 3.8) is 0 Å². The fourth-order valence-corrected chi connectivity index (χ4v) is 2.94. The van der Waals surface area contributed by atoms with Crippen molar-refractivity contribution in [3.8, 4) is 11.4 Å². The minimum Gasteiger partial charge on any atom is -0.350 e. The van der Waals surface area contributed by atoms with Crippen LogP contribution < -0.4 is 0 Å². The number of aryl methyl sites for hydroxylation is 1. The average molecular weight is 323 g/mol. The van der Waals surface area contributed by atoms with Gasteiger partial charge in [-0.25, -0.2) is 0 Å². The van der Waals surface area contributed by atoms with Crippen LogP contribution >= 0.6 is 0 Å². The maximum Gasteiger partial charge on any atom is 0.292 e. The first kappa shape index (κ1) is 14.6. The van der Waals surface area contributed by atoms with Gasteiger partial charge in [0.1, 0.15) is 5.69 Å². The zero-order valence-corrected chi connectivity index (χ0v) is 13.3. The van der Waals surface area contributed by atoms with Gasteiger partial charge < -0.3 is 9.42 Å². The number of hydrogen-bond acceptors (Lipinski definition) is 5. The van der Waals surface area contributed by atoms with E-state index in [4.69, 9.17) is 4.52 Å². The van der Waals surface area contributed by atoms with Gasteiger partial charge in [0.05, 0.1) is 17.9 Å². The van der Waals surface area contributed by atoms with E-state index in [2.05, 4.69) is 15.2 Å². The number of rotatable bonds is 3. The second-order valence-electron chi connectivity index (χ2n) is 5.98. The van der Waals surface area contributed by atoms with E-state index in [1.165, 1.54) is 0 Å². The molecule has 1 aliphatic heterocycles. The minimum absolute atomic E-state index is 0.143. The number of amides is 1. The van der Waals surface area contributed by atoms with Crippen LogP contribution in [0.4, 0.5) is 0 Å². The van der Waals surface area contributed by atoms with Gasteiger partial charge in [-0.1, -0.05) is 11.2 Å². The van der Waals surface area contributed by atoms with Crippen molar-refractivity contribution in [1.82, 2.24) is 24.8 Å². The molecule has 1 fully saturated rings. The normalized spacial score (nSPS) is 17.4. The summed E-state index contributed by atoms with van der Waals surface area (Å²) in [5.41, 5.74) is 2.37. The van der Waals surface area contributed by atoms with E-state index < -0.39 is 0 Å². The van der Waals surface area contributed by atoms with Crippen LogP contribution in [0.3, 0.4) is 0 Å². The molecular weight excluding hydrogens is 306 g/mol. The van der Waals surface area contributed by atoms with E-state index in [0.717, 1.165) is 12.0 Å². The summed E-state index contributed by atoms with van der Waals surface area (Å²) < 4.78 is 7.17. The molecule has 0 aromatic carbocycles. The summed E-state index contributed by atoms with van der Waals surface area (Å²) in [6.45, 7) is 3.32. The van der Waals surface area contributed by atoms with Gasteiger partial charge in [0.25, 0.3) is 5.91 Å². The van der Waals surface area contributed by atoms with Gasteiger partial charge in [-0.05, 0) is 31.0 Å². The number of carbonyl (C=O) groups excluding carboxylic acids is 1. The number of hydrogen-bond donors (Lipinski definition) is 0. The quantitative estimate of drug-likeness (QED) is 0.739. The molecule has 0 spiro atoms. The van der Waals surface area contributed by atoms with Crippen LogP contribution in [0.1, 0.15) is 28.6 Å². The van der Waals surface area contributed by atoms with Gasteiger partial charge in [0, 0.05) is 31.5 Å². The van der Waals surface area contributed by atoms with Crippen molar-refractivity contribution >= 4 is 5.91 Å². The van der Waals surface area contributed by atoms with Gasteiger partial charge in [-0.2, -0.15) is 5.10 Å². The Hall–Kier alpha value is -2.96. The van der Waals surface area contributed by atoms with Gasteiger partial charge in [-0.3, -0.25) is 14.5 Å². The summed E-state index contributed by atoms with van der Waals surface area (Å²) >= 11 is 0. The minimum atomic E-state index is -0.143. The SMILES string of the molecule is Cc1cnn(C2CCN(C(=O)c3cc(-c4ccccn4)no3)C2)c1. The van der Waals surface area contributed by atoms with E-state index in [0.29, 0.717) is 24.5 Å². The number of aromatic nitrogens is 4. The highest BCUT2D eigenvalue weighted by Gasteiger charge is 2.30. The summed E-state index contributed by atoms with van der Waals surface area (Å²) in [6.07, 6.45) is 6.41. The lowest BCUT2D eigenvalue weighted by molar-refractivity contribution is 0.0745. The highest BCUT2D eigenvalue weighted by molar-refractivity contribution is 5.92. The molecule has 24 heavy (non-hydrogen) atoms. The first-order valence-electron chi connectivity index (χ1n) is 7.89. The van der Waals surface area contributed by atoms with Crippen LogP contribution in [0, 0.1) is 6.92 Å². The fraction of sp³-hybridized carbons (Fsp3) is 0.294. The third-order valence-corrected chi connectivity index (χ3v) is 4.20. The lowest BCUT2D eigenvalue weighted by atomic mass is 10.2. The molecule has 1 aliphatic rings. The molecule has 122 valence electrons. The largest absolute Gasteiger partial charge is 0.350 e. The molecule has 0 N–H and O–H groups in total. The van der Waals surface area contributed by atoms with Crippen molar-refractivity contribution in [3.05, 3.63) is 54.2 Å². The Balaban J connectivity index is 1.48. The molecular formula is C17H17N5O2. The number of pyridine rings is 1. The summed E-state index contributed by atoms with van der Waals surface area (Å²) in [6, 6.07) is 7.39. The Labute approximate surface area is 138 Å². The van der Waals surface area contributed by atoms with Crippen molar-refractivity contribution in [2.45, 2.75) is 19.4 Å². The Morgan fingerprint density at radius 3 is 3.00 bits per heavy atom. The Bertz CT molecular complexity index is 855. The first-order chi connectivity index (χ1) is 11.7. The Morgan fingerprint density at radius 2 is 2.25 bits per heavy atom. The third kappa shape index (κ3) is 2.68. The van der Waals surface area contributed by atoms with Crippen LogP contribution in [0.15, 0.2) is 47.4 Å². The van der Waals surface area contributed by atoms with Crippen LogP contribution in [0.5, 0.6) is 0 Å². The summed E-state index contributed by atoms with van der Waals surface area (Å²) in [7, 11) is 0. The van der Waals surface area contributed by atoms with Crippen molar-refractivity contribution in [2.24, 2.45) is 0 Å². The molecule has 0 bridgehead atoms. The summed E-state index contributed by atoms with van der Waals surface area (Å²) in [5, 5.41) is 8.30. The third-order valence-electron chi connectivity index (χ3n) is 4.20. The molecule has 0 radical (unpaired) electrons. The summed E-state index contributed by atoms with van der Waals surface area (Å²) in [4.78, 5) is 18.6. The van der Waals surface area contributed by atoms with Crippen LogP contribution in [0.2, 0.25) is 0 Å². The standard InChI is InChI=1S/C17H17N5O2/c1-12-9-19-22(10-12)13-5-7-21(11-13)17(23)16-8-15(20-24-16)14-4-2-3-6-18-14/h2-4,6,8-10,13H,5,7,11H2,1H3. The maximum atomic E-state index is 12.6. The second-order valence-corrected chi connectivity index (χ2v) is 5.98. The molecule has 4 heterocycles. The Morgan fingerprint density at radius 1 is 1.33 bits per heavy atom. The molecule has 0 saturated carbocycles. The summed E-state index contributed by atoms with van der Waals surface area (Å²) in [5.74, 6) is 0.101. The molecule has 0 aliphatic carbocycles. The van der Waals surface area contributed by atoms with E-state index in [1.807, 2.05) is 42.2 Å². The molecule has 1 unspecified atom stereocenters. The first-order valence-corrected chi connectivity index (χ1v) is 7.89. The zero-order valence-electron chi connectivity index (χ0n) is 13.3. The predicted octanol–water partition coefficient (Wildman–Crippen LogP) is 2.33. The molecule has 1 amide bonds. The van der Waals surface area contributed by atoms with Gasteiger partial charge in [0.15, 0.2) is 0 Å². The fourth-order valence-electron chi connectivity index (χ4n) is 2.94. The van der Waals surface area contributed by atoms with Crippen LogP contribution in [0.25, 0.3) is 11.4 Å². The molecule has 3 aromatic rings. The molecule has 7 nitrogen and oxygen atoms in total. The van der Waals surface area contributed by atoms with E-state index >= 15 is 0 Å². The highest BCUT2D eigenvalue weighted by Crippen LogP contribution is 2.24. The lowest BCUT2D eigenvalue weighted by Gasteiger charge is -2.14. The van der Waals surface area contributed by atoms with E-state index in [9.17, 15) is 4.79 Å². The Kier molecular flexibility index (Phi) is 3.60. The molecule has 3 aromatic heterocycles. The van der Waals surface area contributed by atoms with Gasteiger partial charge in [-0.15, -0.1) is 0 Å². The number of nitrogens with zero attached hydrogens (tertiary/aromatic N) is 5. The van der Waals surface area contributed by atoms with E-state index in [1.54, 1.807) is 17.2 Å². The number of likely N-dealkylation sites (tertiary alicyclic amines) is 1. The van der Waals surface area contributed by atoms with Gasteiger partial charge in [0.2, 0.25) is 5.76 Å². The van der Waals surface area contributed by atoms with Crippen LogP contribution in [-0.4, -0.2) is 43.8 Å². The van der Waals surface area contributed by atoms with Crippen molar-refractivity contribution < 1.29 is 9.32 Å². The van der Waals surface area contributed by atoms with Crippen LogP contribution in [-0.2, 0) is 0 Å². The lowest BCUT2D eigenvalue weighted by Crippen LogP contribution is -2.28. The van der Waals surface area contributed by atoms with Gasteiger partial charge >= 0.3 is 0 Å². The second kappa shape index (κ2) is 5.92. The number of carbonyl (C=O) groups is 1. The maximum absolute atomic E-state index is 12.6. The van der Waals surface area contributed by atoms with E-state index in [-0.39, 0.29) is 17.7 Å². The van der Waals surface area contributed by atoms with Crippen molar-refractivity contribution in [1.29, 1.82) is 0 Å². The zero-order chi connectivity index (χ0) is 16.5. The molecule has 1 saturated heterocycles.